The summed E-state index contributed by atoms with van der Waals surface area (Å²) in [7, 11) is 0. The van der Waals surface area contributed by atoms with Gasteiger partial charge in [0, 0.05) is 24.7 Å². The van der Waals surface area contributed by atoms with Crippen LogP contribution in [0.4, 0.5) is 0 Å². The van der Waals surface area contributed by atoms with Gasteiger partial charge >= 0.3 is 0 Å². The van der Waals surface area contributed by atoms with E-state index in [4.69, 9.17) is 15.1 Å². The van der Waals surface area contributed by atoms with Crippen LogP contribution >= 0.6 is 11.3 Å². The number of carbonyl (C=O) groups is 1. The van der Waals surface area contributed by atoms with Crippen LogP contribution in [-0.4, -0.2) is 34.9 Å². The highest BCUT2D eigenvalue weighted by Gasteiger charge is 2.30. The molecule has 1 aliphatic rings. The SMILES string of the molecule is CC(N)C1CCCN(C(=O)c2sc(-c3ccco3)nc2-c2ccccc2)C1. The van der Waals surface area contributed by atoms with E-state index in [-0.39, 0.29) is 11.9 Å². The molecule has 4 rings (SSSR count). The normalized spacial score (nSPS) is 18.4. The molecule has 1 fully saturated rings. The van der Waals surface area contributed by atoms with E-state index in [1.54, 1.807) is 6.26 Å². The van der Waals surface area contributed by atoms with Crippen LogP contribution in [0, 0.1) is 5.92 Å². The van der Waals surface area contributed by atoms with Gasteiger partial charge in [0.1, 0.15) is 4.88 Å². The molecule has 5 nitrogen and oxygen atoms in total. The highest BCUT2D eigenvalue weighted by Crippen LogP contribution is 2.35. The lowest BCUT2D eigenvalue weighted by Gasteiger charge is -2.34. The van der Waals surface area contributed by atoms with Crippen molar-refractivity contribution in [2.45, 2.75) is 25.8 Å². The number of furan rings is 1. The third kappa shape index (κ3) is 3.68. The Balaban J connectivity index is 1.71. The van der Waals surface area contributed by atoms with Gasteiger partial charge in [-0.3, -0.25) is 4.79 Å². The Morgan fingerprint density at radius 2 is 2.11 bits per heavy atom. The van der Waals surface area contributed by atoms with E-state index in [2.05, 4.69) is 0 Å². The fourth-order valence-electron chi connectivity index (χ4n) is 3.53. The summed E-state index contributed by atoms with van der Waals surface area (Å²) >= 11 is 1.40. The number of aromatic nitrogens is 1. The molecule has 140 valence electrons. The number of thiazole rings is 1. The molecule has 1 amide bonds. The highest BCUT2D eigenvalue weighted by molar-refractivity contribution is 7.17. The smallest absolute Gasteiger partial charge is 0.266 e. The number of hydrogen-bond donors (Lipinski definition) is 1. The van der Waals surface area contributed by atoms with E-state index in [0.29, 0.717) is 23.1 Å². The maximum Gasteiger partial charge on any atom is 0.266 e. The molecular weight excluding hydrogens is 358 g/mol. The zero-order valence-corrected chi connectivity index (χ0v) is 16.1. The number of amides is 1. The molecule has 6 heteroatoms. The van der Waals surface area contributed by atoms with Crippen molar-refractivity contribution in [2.75, 3.05) is 13.1 Å². The number of piperidine rings is 1. The number of hydrogen-bond acceptors (Lipinski definition) is 5. The number of benzene rings is 1. The van der Waals surface area contributed by atoms with Crippen LogP contribution in [-0.2, 0) is 0 Å². The van der Waals surface area contributed by atoms with E-state index < -0.39 is 0 Å². The first-order chi connectivity index (χ1) is 13.1. The third-order valence-corrected chi connectivity index (χ3v) is 6.15. The predicted octanol–water partition coefficient (Wildman–Crippen LogP) is 4.27. The zero-order valence-electron chi connectivity index (χ0n) is 15.3. The van der Waals surface area contributed by atoms with Crippen LogP contribution < -0.4 is 5.73 Å². The standard InChI is InChI=1S/C21H23N3O2S/c1-14(22)16-9-5-11-24(13-16)21(25)19-18(15-7-3-2-4-8-15)23-20(27-19)17-10-6-12-26-17/h2-4,6-8,10,12,14,16H,5,9,11,13,22H2,1H3. The first-order valence-electron chi connectivity index (χ1n) is 9.28. The second-order valence-corrected chi connectivity index (χ2v) is 8.05. The van der Waals surface area contributed by atoms with E-state index in [1.165, 1.54) is 11.3 Å². The van der Waals surface area contributed by atoms with Crippen LogP contribution in [0.1, 0.15) is 29.4 Å². The number of nitrogens with two attached hydrogens (primary N) is 1. The lowest BCUT2D eigenvalue weighted by molar-refractivity contribution is 0.0666. The molecule has 1 aliphatic heterocycles. The molecule has 1 saturated heterocycles. The molecule has 0 aliphatic carbocycles. The molecule has 3 aromatic rings. The van der Waals surface area contributed by atoms with Gasteiger partial charge in [-0.2, -0.15) is 0 Å². The molecule has 0 radical (unpaired) electrons. The van der Waals surface area contributed by atoms with E-state index in [0.717, 1.165) is 35.7 Å². The van der Waals surface area contributed by atoms with Crippen molar-refractivity contribution < 1.29 is 9.21 Å². The average molecular weight is 382 g/mol. The Kier molecular flexibility index (Phi) is 5.09. The van der Waals surface area contributed by atoms with Crippen LogP contribution in [0.3, 0.4) is 0 Å². The van der Waals surface area contributed by atoms with Crippen LogP contribution in [0.25, 0.3) is 22.0 Å². The van der Waals surface area contributed by atoms with Gasteiger partial charge in [-0.25, -0.2) is 4.98 Å². The highest BCUT2D eigenvalue weighted by atomic mass is 32.1. The summed E-state index contributed by atoms with van der Waals surface area (Å²) in [6, 6.07) is 13.6. The van der Waals surface area contributed by atoms with Gasteiger partial charge in [0.05, 0.1) is 12.0 Å². The molecule has 2 unspecified atom stereocenters. The average Bonchev–Trinajstić information content (AvgIpc) is 3.38. The van der Waals surface area contributed by atoms with Crippen LogP contribution in [0.15, 0.2) is 53.1 Å². The molecule has 0 spiro atoms. The van der Waals surface area contributed by atoms with Gasteiger partial charge in [-0.15, -0.1) is 11.3 Å². The van der Waals surface area contributed by atoms with Crippen molar-refractivity contribution in [3.8, 4) is 22.0 Å². The number of carbonyl (C=O) groups excluding carboxylic acids is 1. The second-order valence-electron chi connectivity index (χ2n) is 7.05. The summed E-state index contributed by atoms with van der Waals surface area (Å²) in [5.74, 6) is 1.07. The Labute approximate surface area is 162 Å². The maximum absolute atomic E-state index is 13.4. The second kappa shape index (κ2) is 7.66. The van der Waals surface area contributed by atoms with Crippen LogP contribution in [0.5, 0.6) is 0 Å². The van der Waals surface area contributed by atoms with Crippen LogP contribution in [0.2, 0.25) is 0 Å². The molecule has 2 N–H and O–H groups in total. The largest absolute Gasteiger partial charge is 0.462 e. The summed E-state index contributed by atoms with van der Waals surface area (Å²) in [6.07, 6.45) is 3.69. The molecule has 2 aromatic heterocycles. The molecular formula is C21H23N3O2S. The predicted molar refractivity (Wildman–Crippen MR) is 108 cm³/mol. The van der Waals surface area contributed by atoms with Crippen molar-refractivity contribution in [1.29, 1.82) is 0 Å². The number of rotatable bonds is 4. The van der Waals surface area contributed by atoms with Gasteiger partial charge < -0.3 is 15.1 Å². The van der Waals surface area contributed by atoms with Crippen molar-refractivity contribution in [2.24, 2.45) is 11.7 Å². The minimum atomic E-state index is 0.0366. The van der Waals surface area contributed by atoms with Gasteiger partial charge in [0.2, 0.25) is 0 Å². The first-order valence-corrected chi connectivity index (χ1v) is 10.1. The molecule has 0 saturated carbocycles. The van der Waals surface area contributed by atoms with Gasteiger partial charge in [-0.05, 0) is 37.8 Å². The Morgan fingerprint density at radius 3 is 2.81 bits per heavy atom. The van der Waals surface area contributed by atoms with Gasteiger partial charge in [0.25, 0.3) is 5.91 Å². The lowest BCUT2D eigenvalue weighted by atomic mass is 9.92. The van der Waals surface area contributed by atoms with E-state index in [9.17, 15) is 4.79 Å². The van der Waals surface area contributed by atoms with Crippen molar-refractivity contribution in [3.05, 3.63) is 53.6 Å². The first kappa shape index (κ1) is 17.9. The fourth-order valence-corrected chi connectivity index (χ4v) is 4.55. The van der Waals surface area contributed by atoms with Gasteiger partial charge in [-0.1, -0.05) is 30.3 Å². The summed E-state index contributed by atoms with van der Waals surface area (Å²) in [5.41, 5.74) is 7.76. The minimum Gasteiger partial charge on any atom is -0.462 e. The summed E-state index contributed by atoms with van der Waals surface area (Å²) in [5, 5.41) is 0.725. The van der Waals surface area contributed by atoms with Gasteiger partial charge in [0.15, 0.2) is 10.8 Å². The maximum atomic E-state index is 13.4. The number of nitrogens with zero attached hydrogens (tertiary/aromatic N) is 2. The Bertz CT molecular complexity index is 903. The monoisotopic (exact) mass is 381 g/mol. The summed E-state index contributed by atoms with van der Waals surface area (Å²) in [4.78, 5) is 20.7. The molecule has 1 aromatic carbocycles. The molecule has 27 heavy (non-hydrogen) atoms. The summed E-state index contributed by atoms with van der Waals surface area (Å²) in [6.45, 7) is 3.50. The van der Waals surface area contributed by atoms with E-state index in [1.807, 2.05) is 54.3 Å². The lowest BCUT2D eigenvalue weighted by Crippen LogP contribution is -2.45. The quantitative estimate of drug-likeness (QED) is 0.732. The Morgan fingerprint density at radius 1 is 1.30 bits per heavy atom. The number of likely N-dealkylation sites (tertiary alicyclic amines) is 1. The van der Waals surface area contributed by atoms with Crippen molar-refractivity contribution in [3.63, 3.8) is 0 Å². The fraction of sp³-hybridized carbons (Fsp3) is 0.333. The van der Waals surface area contributed by atoms with Crippen molar-refractivity contribution in [1.82, 2.24) is 9.88 Å². The molecule has 3 heterocycles. The Hall–Kier alpha value is -2.44. The minimum absolute atomic E-state index is 0.0366. The summed E-state index contributed by atoms with van der Waals surface area (Å²) < 4.78 is 5.50. The third-order valence-electron chi connectivity index (χ3n) is 5.09. The molecule has 2 atom stereocenters. The zero-order chi connectivity index (χ0) is 18.8. The van der Waals surface area contributed by atoms with E-state index >= 15 is 0 Å². The molecule has 0 bridgehead atoms. The van der Waals surface area contributed by atoms with Crippen molar-refractivity contribution >= 4 is 17.2 Å². The topological polar surface area (TPSA) is 72.4 Å².